The van der Waals surface area contributed by atoms with Gasteiger partial charge in [0, 0.05) is 19.3 Å². The van der Waals surface area contributed by atoms with Gasteiger partial charge in [-0.1, -0.05) is 36.1 Å². The van der Waals surface area contributed by atoms with Crippen LogP contribution in [0.1, 0.15) is 11.1 Å². The Morgan fingerprint density at radius 2 is 1.97 bits per heavy atom. The van der Waals surface area contributed by atoms with Gasteiger partial charge in [-0.25, -0.2) is 4.98 Å². The van der Waals surface area contributed by atoms with Gasteiger partial charge < -0.3 is 19.9 Å². The van der Waals surface area contributed by atoms with E-state index in [0.29, 0.717) is 45.2 Å². The number of pyridine rings is 1. The molecule has 1 aliphatic rings. The minimum absolute atomic E-state index is 0.131. The number of carbonyl (C=O) groups is 1. The van der Waals surface area contributed by atoms with Crippen LogP contribution in [0.25, 0.3) is 11.7 Å². The number of amides is 1. The molecule has 11 heteroatoms. The van der Waals surface area contributed by atoms with Crippen molar-refractivity contribution in [1.29, 1.82) is 0 Å². The number of benzene rings is 1. The van der Waals surface area contributed by atoms with E-state index < -0.39 is 0 Å². The average Bonchev–Trinajstić information content (AvgIpc) is 3.14. The van der Waals surface area contributed by atoms with Crippen LogP contribution in [0.2, 0.25) is 0 Å². The van der Waals surface area contributed by atoms with Crippen molar-refractivity contribution in [2.45, 2.75) is 6.42 Å². The molecule has 0 spiro atoms. The molecule has 2 N–H and O–H groups in total. The normalized spacial score (nSPS) is 14.7. The summed E-state index contributed by atoms with van der Waals surface area (Å²) in [5.41, 5.74) is 1.32. The van der Waals surface area contributed by atoms with E-state index in [1.165, 1.54) is 15.4 Å². The summed E-state index contributed by atoms with van der Waals surface area (Å²) in [4.78, 5) is 32.7. The third-order valence-corrected chi connectivity index (χ3v) is 6.77. The van der Waals surface area contributed by atoms with E-state index in [0.717, 1.165) is 17.3 Å². The lowest BCUT2D eigenvalue weighted by Gasteiger charge is -2.15. The highest BCUT2D eigenvalue weighted by atomic mass is 32.2. The van der Waals surface area contributed by atoms with E-state index in [-0.39, 0.29) is 30.2 Å². The number of hydrogen-bond acceptors (Lipinski definition) is 9. The van der Waals surface area contributed by atoms with Crippen molar-refractivity contribution in [3.63, 3.8) is 0 Å². The number of anilines is 1. The van der Waals surface area contributed by atoms with Crippen molar-refractivity contribution >= 4 is 51.7 Å². The van der Waals surface area contributed by atoms with Crippen molar-refractivity contribution in [1.82, 2.24) is 14.3 Å². The molecule has 35 heavy (non-hydrogen) atoms. The molecule has 9 nitrogen and oxygen atoms in total. The van der Waals surface area contributed by atoms with E-state index in [2.05, 4.69) is 10.3 Å². The van der Waals surface area contributed by atoms with Crippen molar-refractivity contribution in [3.05, 3.63) is 69.0 Å². The van der Waals surface area contributed by atoms with E-state index >= 15 is 0 Å². The molecular formula is C24H24N4O5S2. The van der Waals surface area contributed by atoms with Gasteiger partial charge in [-0.2, -0.15) is 0 Å². The molecule has 1 amide bonds. The zero-order valence-corrected chi connectivity index (χ0v) is 20.8. The Hall–Kier alpha value is -3.41. The van der Waals surface area contributed by atoms with E-state index in [9.17, 15) is 14.7 Å². The number of ether oxygens (including phenoxy) is 2. The summed E-state index contributed by atoms with van der Waals surface area (Å²) in [6.07, 6.45) is 3.69. The second-order valence-electron chi connectivity index (χ2n) is 7.53. The van der Waals surface area contributed by atoms with Gasteiger partial charge in [0.25, 0.3) is 11.5 Å². The monoisotopic (exact) mass is 512 g/mol. The fourth-order valence-corrected chi connectivity index (χ4v) is 4.93. The van der Waals surface area contributed by atoms with E-state index in [1.807, 2.05) is 18.2 Å². The third-order valence-electron chi connectivity index (χ3n) is 5.39. The van der Waals surface area contributed by atoms with Gasteiger partial charge in [-0.3, -0.25) is 18.9 Å². The molecule has 1 saturated heterocycles. The van der Waals surface area contributed by atoms with Crippen LogP contribution in [0.3, 0.4) is 0 Å². The van der Waals surface area contributed by atoms with Crippen LogP contribution in [-0.2, 0) is 11.2 Å². The molecule has 2 aromatic heterocycles. The van der Waals surface area contributed by atoms with E-state index in [1.54, 1.807) is 38.6 Å². The summed E-state index contributed by atoms with van der Waals surface area (Å²) in [5, 5.41) is 12.2. The molecule has 0 atom stereocenters. The number of nitrogens with one attached hydrogen (secondary N) is 1. The lowest BCUT2D eigenvalue weighted by atomic mass is 10.1. The minimum atomic E-state index is -0.327. The summed E-state index contributed by atoms with van der Waals surface area (Å²) in [5.74, 6) is 1.27. The van der Waals surface area contributed by atoms with Crippen molar-refractivity contribution in [2.24, 2.45) is 0 Å². The topological polar surface area (TPSA) is 105 Å². The predicted molar refractivity (Wildman–Crippen MR) is 140 cm³/mol. The first-order chi connectivity index (χ1) is 17.0. The second kappa shape index (κ2) is 10.9. The van der Waals surface area contributed by atoms with Gasteiger partial charge in [-0.05, 0) is 42.3 Å². The number of methoxy groups -OCH3 is 2. The summed E-state index contributed by atoms with van der Waals surface area (Å²) < 4.78 is 12.5. The maximum Gasteiger partial charge on any atom is 0.267 e. The van der Waals surface area contributed by atoms with Gasteiger partial charge >= 0.3 is 0 Å². The lowest BCUT2D eigenvalue weighted by Crippen LogP contribution is -2.30. The average molecular weight is 513 g/mol. The van der Waals surface area contributed by atoms with Crippen LogP contribution in [0.5, 0.6) is 11.5 Å². The standard InChI is InChI=1S/C24H24N4O5S2/c1-32-17-7-6-15(13-18(17)33-2)8-11-28-23(31)19(35-24(28)34)14-16-21(25-9-12-29)26-20-5-3-4-10-27(20)22(16)30/h3-7,10,13-14,25,29H,8-9,11-12H2,1-2H3/b19-14+. The van der Waals surface area contributed by atoms with Gasteiger partial charge in [0.2, 0.25) is 0 Å². The molecule has 0 unspecified atom stereocenters. The van der Waals surface area contributed by atoms with Crippen molar-refractivity contribution in [2.75, 3.05) is 39.2 Å². The maximum atomic E-state index is 13.2. The fourth-order valence-electron chi connectivity index (χ4n) is 3.64. The van der Waals surface area contributed by atoms with Gasteiger partial charge in [0.1, 0.15) is 15.8 Å². The Labute approximate surface area is 211 Å². The molecule has 3 heterocycles. The highest BCUT2D eigenvalue weighted by molar-refractivity contribution is 8.26. The van der Waals surface area contributed by atoms with Crippen molar-refractivity contribution in [3.8, 4) is 11.5 Å². The SMILES string of the molecule is COc1ccc(CCN2C(=O)/C(=C\c3c(NCCO)nc4ccccn4c3=O)SC2=S)cc1OC. The molecule has 1 aliphatic heterocycles. The number of thiocarbonyl (C=S) groups is 1. The number of aromatic nitrogens is 2. The van der Waals surface area contributed by atoms with Crippen LogP contribution < -0.4 is 20.3 Å². The number of carbonyl (C=O) groups excluding carboxylic acids is 1. The molecule has 3 aromatic rings. The quantitative estimate of drug-likeness (QED) is 0.331. The van der Waals surface area contributed by atoms with Gasteiger partial charge in [0.05, 0.1) is 31.3 Å². The largest absolute Gasteiger partial charge is 0.493 e. The molecule has 182 valence electrons. The minimum Gasteiger partial charge on any atom is -0.493 e. The van der Waals surface area contributed by atoms with Crippen LogP contribution in [0.4, 0.5) is 5.82 Å². The summed E-state index contributed by atoms with van der Waals surface area (Å²) in [7, 11) is 3.15. The number of nitrogens with zero attached hydrogens (tertiary/aromatic N) is 3. The smallest absolute Gasteiger partial charge is 0.267 e. The van der Waals surface area contributed by atoms with E-state index in [4.69, 9.17) is 21.7 Å². The van der Waals surface area contributed by atoms with Gasteiger partial charge in [0.15, 0.2) is 11.5 Å². The predicted octanol–water partition coefficient (Wildman–Crippen LogP) is 2.56. The Morgan fingerprint density at radius 1 is 1.17 bits per heavy atom. The molecule has 1 aromatic carbocycles. The van der Waals surface area contributed by atoms with Crippen LogP contribution in [0.15, 0.2) is 52.3 Å². The zero-order valence-electron chi connectivity index (χ0n) is 19.2. The maximum absolute atomic E-state index is 13.2. The first-order valence-electron chi connectivity index (χ1n) is 10.8. The molecule has 0 bridgehead atoms. The summed E-state index contributed by atoms with van der Waals surface area (Å²) in [6.45, 7) is 0.457. The Balaban J connectivity index is 1.60. The fraction of sp³-hybridized carbons (Fsp3) is 0.250. The highest BCUT2D eigenvalue weighted by Crippen LogP contribution is 2.34. The van der Waals surface area contributed by atoms with Crippen LogP contribution >= 0.6 is 24.0 Å². The third kappa shape index (κ3) is 5.16. The number of rotatable bonds is 9. The molecular weight excluding hydrogens is 488 g/mol. The molecule has 0 radical (unpaired) electrons. The second-order valence-corrected chi connectivity index (χ2v) is 9.21. The Morgan fingerprint density at radius 3 is 2.71 bits per heavy atom. The molecule has 0 saturated carbocycles. The molecule has 1 fully saturated rings. The van der Waals surface area contributed by atoms with Gasteiger partial charge in [-0.15, -0.1) is 0 Å². The number of fused-ring (bicyclic) bond motifs is 1. The lowest BCUT2D eigenvalue weighted by molar-refractivity contribution is -0.122. The van der Waals surface area contributed by atoms with Crippen LogP contribution in [-0.4, -0.2) is 63.5 Å². The summed E-state index contributed by atoms with van der Waals surface area (Å²) in [6, 6.07) is 10.8. The van der Waals surface area contributed by atoms with Crippen LogP contribution in [0, 0.1) is 0 Å². The zero-order chi connectivity index (χ0) is 24.9. The number of aliphatic hydroxyl groups is 1. The summed E-state index contributed by atoms with van der Waals surface area (Å²) >= 11 is 6.61. The Bertz CT molecular complexity index is 1370. The molecule has 0 aliphatic carbocycles. The van der Waals surface area contributed by atoms with Crippen molar-refractivity contribution < 1.29 is 19.4 Å². The number of aliphatic hydroxyl groups excluding tert-OH is 1. The molecule has 4 rings (SSSR count). The Kier molecular flexibility index (Phi) is 7.69. The number of thioether (sulfide) groups is 1. The highest BCUT2D eigenvalue weighted by Gasteiger charge is 2.32. The number of hydrogen-bond donors (Lipinski definition) is 2. The first kappa shape index (κ1) is 24.7. The first-order valence-corrected chi connectivity index (χ1v) is 12.0.